The smallest absolute Gasteiger partial charge is 0.406 e. The minimum absolute atomic E-state index is 0.0984. The number of likely N-dealkylation sites (tertiary alicyclic amines) is 2. The Morgan fingerprint density at radius 3 is 2.62 bits per heavy atom. The maximum absolute atomic E-state index is 13.8. The van der Waals surface area contributed by atoms with Gasteiger partial charge >= 0.3 is 6.36 Å². The van der Waals surface area contributed by atoms with Crippen LogP contribution in [-0.4, -0.2) is 75.3 Å². The highest BCUT2D eigenvalue weighted by Crippen LogP contribution is 2.44. The van der Waals surface area contributed by atoms with Crippen LogP contribution in [0.1, 0.15) is 59.8 Å². The predicted octanol–water partition coefficient (Wildman–Crippen LogP) is 3.63. The van der Waals surface area contributed by atoms with E-state index < -0.39 is 6.36 Å². The summed E-state index contributed by atoms with van der Waals surface area (Å²) in [6, 6.07) is 5.65. The summed E-state index contributed by atoms with van der Waals surface area (Å²) in [5.41, 5.74) is 2.19. The van der Waals surface area contributed by atoms with Gasteiger partial charge in [-0.25, -0.2) is 4.68 Å². The molecule has 1 amide bonds. The molecule has 0 radical (unpaired) electrons. The average Bonchev–Trinajstić information content (AvgIpc) is 3.19. The Hall–Kier alpha value is -2.59. The first-order valence-corrected chi connectivity index (χ1v) is 11.9. The van der Waals surface area contributed by atoms with E-state index in [0.29, 0.717) is 23.5 Å². The Kier molecular flexibility index (Phi) is 6.05. The predicted molar refractivity (Wildman–Crippen MR) is 118 cm³/mol. The first kappa shape index (κ1) is 23.2. The van der Waals surface area contributed by atoms with Gasteiger partial charge < -0.3 is 14.7 Å². The molecule has 1 aliphatic carbocycles. The van der Waals surface area contributed by atoms with Crippen molar-refractivity contribution in [3.05, 3.63) is 41.2 Å². The van der Waals surface area contributed by atoms with Crippen molar-refractivity contribution in [3.8, 4) is 11.4 Å². The molecule has 184 valence electrons. The molecule has 3 heterocycles. The van der Waals surface area contributed by atoms with Crippen LogP contribution in [0.5, 0.6) is 5.75 Å². The van der Waals surface area contributed by atoms with Crippen LogP contribution in [0.15, 0.2) is 24.3 Å². The summed E-state index contributed by atoms with van der Waals surface area (Å²) in [6.45, 7) is 4.26. The monoisotopic (exact) mass is 478 g/mol. The molecular formula is C24H29F3N4O3. The summed E-state index contributed by atoms with van der Waals surface area (Å²) in [5, 5.41) is 14.6. The number of aliphatic hydroxyl groups excluding tert-OH is 1. The van der Waals surface area contributed by atoms with Crippen molar-refractivity contribution < 1.29 is 27.8 Å². The number of benzene rings is 1. The van der Waals surface area contributed by atoms with Crippen LogP contribution in [0, 0.1) is 6.92 Å². The lowest BCUT2D eigenvalue weighted by molar-refractivity contribution is -0.274. The molecule has 1 aromatic heterocycles. The molecule has 2 saturated heterocycles. The third-order valence-corrected chi connectivity index (χ3v) is 7.09. The van der Waals surface area contributed by atoms with Gasteiger partial charge in [0.05, 0.1) is 35.3 Å². The van der Waals surface area contributed by atoms with Crippen LogP contribution < -0.4 is 4.74 Å². The number of aliphatic hydroxyl groups is 1. The van der Waals surface area contributed by atoms with Crippen molar-refractivity contribution in [1.29, 1.82) is 0 Å². The highest BCUT2D eigenvalue weighted by molar-refractivity contribution is 5.97. The highest BCUT2D eigenvalue weighted by Gasteiger charge is 2.42. The molecule has 1 saturated carbocycles. The van der Waals surface area contributed by atoms with E-state index in [-0.39, 0.29) is 36.3 Å². The zero-order chi connectivity index (χ0) is 24.0. The molecule has 0 bridgehead atoms. The normalized spacial score (nSPS) is 23.6. The van der Waals surface area contributed by atoms with E-state index in [1.807, 2.05) is 0 Å². The molecule has 7 nitrogen and oxygen atoms in total. The van der Waals surface area contributed by atoms with Gasteiger partial charge in [-0.05, 0) is 64.3 Å². The summed E-state index contributed by atoms with van der Waals surface area (Å²) >= 11 is 0. The third kappa shape index (κ3) is 4.53. The van der Waals surface area contributed by atoms with Gasteiger partial charge in [0.25, 0.3) is 5.91 Å². The summed E-state index contributed by atoms with van der Waals surface area (Å²) in [5.74, 6) is -0.368. The second-order valence-corrected chi connectivity index (χ2v) is 9.50. The Bertz CT molecular complexity index is 1060. The number of carbonyl (C=O) groups is 1. The second-order valence-electron chi connectivity index (χ2n) is 9.50. The van der Waals surface area contributed by atoms with Crippen LogP contribution in [0.3, 0.4) is 0 Å². The van der Waals surface area contributed by atoms with Gasteiger partial charge in [-0.2, -0.15) is 5.10 Å². The van der Waals surface area contributed by atoms with Crippen LogP contribution in [0.25, 0.3) is 5.69 Å². The molecule has 1 aromatic carbocycles. The fourth-order valence-corrected chi connectivity index (χ4v) is 5.38. The molecule has 0 spiro atoms. The zero-order valence-electron chi connectivity index (χ0n) is 19.1. The quantitative estimate of drug-likeness (QED) is 0.687. The molecule has 2 aromatic rings. The van der Waals surface area contributed by atoms with Crippen molar-refractivity contribution in [2.75, 3.05) is 26.2 Å². The first-order chi connectivity index (χ1) is 16.2. The standard InChI is InChI=1S/C24H29F3N4O3/c1-15-21(23(33)30-13-18(11-19(30)14-32)29-9-2-3-10-29)22(16-7-8-16)31(28-15)17-5-4-6-20(12-17)34-24(25,26)27/h4-6,12,16,18-19,32H,2-3,7-11,13-14H2,1H3/t18-,19-/m0/s1. The van der Waals surface area contributed by atoms with E-state index in [4.69, 9.17) is 0 Å². The third-order valence-electron chi connectivity index (χ3n) is 7.09. The van der Waals surface area contributed by atoms with E-state index in [0.717, 1.165) is 50.9 Å². The number of aryl methyl sites for hydroxylation is 1. The van der Waals surface area contributed by atoms with Gasteiger partial charge in [0, 0.05) is 24.6 Å². The van der Waals surface area contributed by atoms with Crippen molar-refractivity contribution in [1.82, 2.24) is 19.6 Å². The van der Waals surface area contributed by atoms with Crippen LogP contribution in [0.2, 0.25) is 0 Å². The number of alkyl halides is 3. The fourth-order valence-electron chi connectivity index (χ4n) is 5.38. The van der Waals surface area contributed by atoms with Gasteiger partial charge in [0.1, 0.15) is 5.75 Å². The van der Waals surface area contributed by atoms with Gasteiger partial charge in [-0.15, -0.1) is 13.2 Å². The summed E-state index contributed by atoms with van der Waals surface area (Å²) in [7, 11) is 0. The Balaban J connectivity index is 1.47. The second kappa shape index (κ2) is 8.88. The number of hydrogen-bond acceptors (Lipinski definition) is 5. The Labute approximate surface area is 196 Å². The zero-order valence-corrected chi connectivity index (χ0v) is 19.1. The molecule has 3 aliphatic rings. The van der Waals surface area contributed by atoms with Crippen molar-refractivity contribution in [2.24, 2.45) is 0 Å². The van der Waals surface area contributed by atoms with Crippen LogP contribution in [0.4, 0.5) is 13.2 Å². The van der Waals surface area contributed by atoms with E-state index in [1.165, 1.54) is 18.2 Å². The lowest BCUT2D eigenvalue weighted by Crippen LogP contribution is -2.40. The number of carbonyl (C=O) groups excluding carboxylic acids is 1. The number of nitrogens with zero attached hydrogens (tertiary/aromatic N) is 4. The number of halogens is 3. The Morgan fingerprint density at radius 1 is 1.24 bits per heavy atom. The molecule has 0 unspecified atom stereocenters. The average molecular weight is 479 g/mol. The highest BCUT2D eigenvalue weighted by atomic mass is 19.4. The molecule has 34 heavy (non-hydrogen) atoms. The summed E-state index contributed by atoms with van der Waals surface area (Å²) in [4.78, 5) is 18.0. The number of rotatable bonds is 6. The molecule has 2 atom stereocenters. The maximum Gasteiger partial charge on any atom is 0.573 e. The summed E-state index contributed by atoms with van der Waals surface area (Å²) in [6.07, 6.45) is 0.0468. The minimum atomic E-state index is -4.79. The topological polar surface area (TPSA) is 70.8 Å². The lowest BCUT2D eigenvalue weighted by Gasteiger charge is -2.25. The largest absolute Gasteiger partial charge is 0.573 e. The fraction of sp³-hybridized carbons (Fsp3) is 0.583. The molecule has 3 fully saturated rings. The number of aromatic nitrogens is 2. The molecular weight excluding hydrogens is 449 g/mol. The lowest BCUT2D eigenvalue weighted by atomic mass is 10.1. The summed E-state index contributed by atoms with van der Waals surface area (Å²) < 4.78 is 43.9. The van der Waals surface area contributed by atoms with Crippen LogP contribution in [-0.2, 0) is 0 Å². The maximum atomic E-state index is 13.8. The van der Waals surface area contributed by atoms with E-state index >= 15 is 0 Å². The van der Waals surface area contributed by atoms with Gasteiger partial charge in [-0.1, -0.05) is 6.07 Å². The van der Waals surface area contributed by atoms with Gasteiger partial charge in [-0.3, -0.25) is 9.69 Å². The van der Waals surface area contributed by atoms with Gasteiger partial charge in [0.2, 0.25) is 0 Å². The van der Waals surface area contributed by atoms with E-state index in [1.54, 1.807) is 22.6 Å². The molecule has 10 heteroatoms. The molecule has 5 rings (SSSR count). The first-order valence-electron chi connectivity index (χ1n) is 11.9. The Morgan fingerprint density at radius 2 is 1.97 bits per heavy atom. The molecule has 2 aliphatic heterocycles. The minimum Gasteiger partial charge on any atom is -0.406 e. The van der Waals surface area contributed by atoms with E-state index in [9.17, 15) is 23.1 Å². The number of amides is 1. The SMILES string of the molecule is Cc1nn(-c2cccc(OC(F)(F)F)c2)c(C2CC2)c1C(=O)N1C[C@@H](N2CCCC2)C[C@H]1CO. The van der Waals surface area contributed by atoms with Crippen molar-refractivity contribution in [2.45, 2.75) is 63.4 Å². The number of hydrogen-bond donors (Lipinski definition) is 1. The number of ether oxygens (including phenoxy) is 1. The van der Waals surface area contributed by atoms with Crippen molar-refractivity contribution in [3.63, 3.8) is 0 Å². The molecule has 1 N–H and O–H groups in total. The van der Waals surface area contributed by atoms with E-state index in [2.05, 4.69) is 14.7 Å². The van der Waals surface area contributed by atoms with Crippen molar-refractivity contribution >= 4 is 5.91 Å². The van der Waals surface area contributed by atoms with Crippen LogP contribution >= 0.6 is 0 Å². The van der Waals surface area contributed by atoms with Gasteiger partial charge in [0.15, 0.2) is 0 Å².